The second-order valence-electron chi connectivity index (χ2n) is 2.50. The van der Waals surface area contributed by atoms with E-state index in [0.29, 0.717) is 5.92 Å². The van der Waals surface area contributed by atoms with Crippen molar-refractivity contribution in [3.05, 3.63) is 24.5 Å². The van der Waals surface area contributed by atoms with Crippen LogP contribution in [0.1, 0.15) is 13.3 Å². The van der Waals surface area contributed by atoms with Crippen LogP contribution in [0.3, 0.4) is 0 Å². The molecule has 0 aromatic heterocycles. The maximum Gasteiger partial charge on any atom is 0.0960 e. The van der Waals surface area contributed by atoms with Gasteiger partial charge in [-0.05, 0) is 13.3 Å². The maximum atomic E-state index is 5.17. The van der Waals surface area contributed by atoms with Crippen LogP contribution in [-0.2, 0) is 4.74 Å². The highest BCUT2D eigenvalue weighted by Gasteiger charge is 2.20. The van der Waals surface area contributed by atoms with Crippen molar-refractivity contribution in [3.63, 3.8) is 0 Å². The molecule has 50 valence electrons. The lowest BCUT2D eigenvalue weighted by molar-refractivity contribution is 0.262. The van der Waals surface area contributed by atoms with Crippen LogP contribution in [0, 0.1) is 5.92 Å². The van der Waals surface area contributed by atoms with Crippen molar-refractivity contribution in [1.82, 2.24) is 0 Å². The Morgan fingerprint density at radius 2 is 2.44 bits per heavy atom. The fraction of sp³-hybridized carbons (Fsp3) is 0.500. The summed E-state index contributed by atoms with van der Waals surface area (Å²) in [6.45, 7) is 10.5. The molecule has 0 radical (unpaired) electrons. The minimum Gasteiger partial charge on any atom is -0.498 e. The lowest BCUT2D eigenvalue weighted by Crippen LogP contribution is -1.95. The molecule has 1 heterocycles. The standard InChI is InChI=1S/C8H12O/c1-6(2)8-4-5-9-7(8)3/h8H,1,3-5H2,2H3. The van der Waals surface area contributed by atoms with Gasteiger partial charge in [0.15, 0.2) is 0 Å². The average molecular weight is 124 g/mol. The van der Waals surface area contributed by atoms with Crippen LogP contribution < -0.4 is 0 Å². The third kappa shape index (κ3) is 1.15. The van der Waals surface area contributed by atoms with E-state index in [9.17, 15) is 0 Å². The van der Waals surface area contributed by atoms with Gasteiger partial charge in [-0.1, -0.05) is 18.7 Å². The summed E-state index contributed by atoms with van der Waals surface area (Å²) in [6, 6.07) is 0. The number of hydrogen-bond acceptors (Lipinski definition) is 1. The largest absolute Gasteiger partial charge is 0.498 e. The van der Waals surface area contributed by atoms with E-state index in [1.807, 2.05) is 6.92 Å². The lowest BCUT2D eigenvalue weighted by atomic mass is 9.99. The van der Waals surface area contributed by atoms with Gasteiger partial charge in [0, 0.05) is 5.92 Å². The van der Waals surface area contributed by atoms with Crippen LogP contribution >= 0.6 is 0 Å². The highest BCUT2D eigenvalue weighted by Crippen LogP contribution is 2.28. The second-order valence-corrected chi connectivity index (χ2v) is 2.50. The van der Waals surface area contributed by atoms with Crippen LogP contribution in [0.25, 0.3) is 0 Å². The third-order valence-electron chi connectivity index (χ3n) is 1.68. The molecule has 0 N–H and O–H groups in total. The first-order valence-electron chi connectivity index (χ1n) is 3.19. The van der Waals surface area contributed by atoms with Gasteiger partial charge in [-0.2, -0.15) is 0 Å². The zero-order chi connectivity index (χ0) is 6.85. The summed E-state index contributed by atoms with van der Waals surface area (Å²) in [5.74, 6) is 1.31. The smallest absolute Gasteiger partial charge is 0.0960 e. The molecule has 0 spiro atoms. The van der Waals surface area contributed by atoms with E-state index in [1.54, 1.807) is 0 Å². The Hall–Kier alpha value is -0.720. The Morgan fingerprint density at radius 1 is 1.78 bits per heavy atom. The molecule has 1 nitrogen and oxygen atoms in total. The van der Waals surface area contributed by atoms with E-state index in [4.69, 9.17) is 4.74 Å². The maximum absolute atomic E-state index is 5.17. The van der Waals surface area contributed by atoms with E-state index in [1.165, 1.54) is 0 Å². The summed E-state index contributed by atoms with van der Waals surface area (Å²) in [5, 5.41) is 0. The topological polar surface area (TPSA) is 9.23 Å². The predicted octanol–water partition coefficient (Wildman–Crippen LogP) is 2.11. The monoisotopic (exact) mass is 124 g/mol. The minimum atomic E-state index is 0.421. The van der Waals surface area contributed by atoms with Gasteiger partial charge in [-0.15, -0.1) is 0 Å². The van der Waals surface area contributed by atoms with Gasteiger partial charge in [-0.3, -0.25) is 0 Å². The zero-order valence-electron chi connectivity index (χ0n) is 5.81. The predicted molar refractivity (Wildman–Crippen MR) is 38.0 cm³/mol. The minimum absolute atomic E-state index is 0.421. The Balaban J connectivity index is 2.60. The molecule has 0 amide bonds. The molecule has 1 saturated heterocycles. The van der Waals surface area contributed by atoms with Gasteiger partial charge >= 0.3 is 0 Å². The van der Waals surface area contributed by atoms with Gasteiger partial charge in [0.1, 0.15) is 0 Å². The second kappa shape index (κ2) is 2.26. The van der Waals surface area contributed by atoms with E-state index < -0.39 is 0 Å². The van der Waals surface area contributed by atoms with Crippen LogP contribution in [-0.4, -0.2) is 6.61 Å². The first-order chi connectivity index (χ1) is 4.22. The molecule has 0 aliphatic carbocycles. The molecule has 0 bridgehead atoms. The molecule has 1 rings (SSSR count). The summed E-state index contributed by atoms with van der Waals surface area (Å²) < 4.78 is 5.17. The van der Waals surface area contributed by atoms with Crippen molar-refractivity contribution in [2.45, 2.75) is 13.3 Å². The highest BCUT2D eigenvalue weighted by atomic mass is 16.5. The van der Waals surface area contributed by atoms with Crippen LogP contribution in [0.4, 0.5) is 0 Å². The first kappa shape index (κ1) is 6.40. The average Bonchev–Trinajstić information content (AvgIpc) is 2.13. The molecular weight excluding hydrogens is 112 g/mol. The Kier molecular flexibility index (Phi) is 1.60. The molecule has 1 atom stereocenters. The van der Waals surface area contributed by atoms with Crippen LogP contribution in [0.5, 0.6) is 0 Å². The van der Waals surface area contributed by atoms with Crippen molar-refractivity contribution in [2.75, 3.05) is 6.61 Å². The van der Waals surface area contributed by atoms with Crippen LogP contribution in [0.2, 0.25) is 0 Å². The van der Waals surface area contributed by atoms with E-state index in [2.05, 4.69) is 13.2 Å². The molecule has 0 saturated carbocycles. The molecular formula is C8H12O. The Bertz CT molecular complexity index is 147. The first-order valence-corrected chi connectivity index (χ1v) is 3.19. The zero-order valence-corrected chi connectivity index (χ0v) is 5.81. The van der Waals surface area contributed by atoms with Gasteiger partial charge in [0.25, 0.3) is 0 Å². The lowest BCUT2D eigenvalue weighted by Gasteiger charge is -2.05. The number of rotatable bonds is 1. The summed E-state index contributed by atoms with van der Waals surface area (Å²) in [6.07, 6.45) is 1.06. The highest BCUT2D eigenvalue weighted by molar-refractivity contribution is 5.12. The van der Waals surface area contributed by atoms with E-state index in [0.717, 1.165) is 24.4 Å². The Labute approximate surface area is 56.0 Å². The molecule has 1 fully saturated rings. The molecule has 1 aliphatic heterocycles. The van der Waals surface area contributed by atoms with Crippen LogP contribution in [0.15, 0.2) is 24.5 Å². The molecule has 9 heavy (non-hydrogen) atoms. The normalized spacial score (nSPS) is 25.9. The molecule has 0 aromatic rings. The summed E-state index contributed by atoms with van der Waals surface area (Å²) in [4.78, 5) is 0. The van der Waals surface area contributed by atoms with Crippen molar-refractivity contribution in [2.24, 2.45) is 5.92 Å². The molecule has 0 aromatic carbocycles. The van der Waals surface area contributed by atoms with Crippen molar-refractivity contribution < 1.29 is 4.74 Å². The number of ether oxygens (including phenoxy) is 1. The third-order valence-corrected chi connectivity index (χ3v) is 1.68. The molecule has 1 unspecified atom stereocenters. The SMILES string of the molecule is C=C(C)C1CCOC1=C. The molecule has 1 aliphatic rings. The van der Waals surface area contributed by atoms with Crippen molar-refractivity contribution in [3.8, 4) is 0 Å². The fourth-order valence-corrected chi connectivity index (χ4v) is 1.09. The summed E-state index contributed by atoms with van der Waals surface area (Å²) in [5.41, 5.74) is 1.16. The molecule has 1 heteroatoms. The van der Waals surface area contributed by atoms with Gasteiger partial charge in [0.2, 0.25) is 0 Å². The van der Waals surface area contributed by atoms with Gasteiger partial charge < -0.3 is 4.74 Å². The van der Waals surface area contributed by atoms with Gasteiger partial charge in [-0.25, -0.2) is 0 Å². The van der Waals surface area contributed by atoms with E-state index >= 15 is 0 Å². The summed E-state index contributed by atoms with van der Waals surface area (Å²) in [7, 11) is 0. The quantitative estimate of drug-likeness (QED) is 0.486. The van der Waals surface area contributed by atoms with E-state index in [-0.39, 0.29) is 0 Å². The Morgan fingerprint density at radius 3 is 2.67 bits per heavy atom. The number of allylic oxidation sites excluding steroid dienone is 1. The summed E-state index contributed by atoms with van der Waals surface area (Å²) >= 11 is 0. The number of hydrogen-bond donors (Lipinski definition) is 0. The van der Waals surface area contributed by atoms with Crippen molar-refractivity contribution >= 4 is 0 Å². The fourth-order valence-electron chi connectivity index (χ4n) is 1.09. The van der Waals surface area contributed by atoms with Crippen molar-refractivity contribution in [1.29, 1.82) is 0 Å². The van der Waals surface area contributed by atoms with Gasteiger partial charge in [0.05, 0.1) is 12.4 Å².